The normalized spacial score (nSPS) is 10.0. The summed E-state index contributed by atoms with van der Waals surface area (Å²) in [5.41, 5.74) is 0. The molecule has 1 amide bonds. The van der Waals surface area contributed by atoms with E-state index in [1.165, 1.54) is 6.92 Å². The van der Waals surface area contributed by atoms with Crippen molar-refractivity contribution >= 4 is 15.9 Å². The van der Waals surface area contributed by atoms with Gasteiger partial charge in [0, 0.05) is 6.92 Å². The molecule has 0 atom stereocenters. The van der Waals surface area contributed by atoms with Crippen molar-refractivity contribution in [3.63, 3.8) is 0 Å². The molecule has 0 radical (unpaired) electrons. The highest BCUT2D eigenvalue weighted by Crippen LogP contribution is 1.86. The highest BCUT2D eigenvalue weighted by molar-refractivity contribution is 7.90. The highest BCUT2D eigenvalue weighted by Gasteiger charge is 2.08. The van der Waals surface area contributed by atoms with Crippen molar-refractivity contribution < 1.29 is 13.2 Å². The molecule has 0 spiro atoms. The minimum Gasteiger partial charge on any atom is -0.274 e. The first-order valence-corrected chi connectivity index (χ1v) is 4.64. The van der Waals surface area contributed by atoms with E-state index in [2.05, 4.69) is 0 Å². The second-order valence-corrected chi connectivity index (χ2v) is 3.82. The van der Waals surface area contributed by atoms with Gasteiger partial charge in [0.2, 0.25) is 15.9 Å². The first-order chi connectivity index (χ1) is 4.48. The highest BCUT2D eigenvalue weighted by atomic mass is 32.2. The maximum absolute atomic E-state index is 10.7. The predicted octanol–water partition coefficient (Wildman–Crippen LogP) is 0.498. The number of amides is 1. The van der Waals surface area contributed by atoms with Crippen molar-refractivity contribution in [1.82, 2.24) is 4.72 Å². The molecule has 11 heavy (non-hydrogen) atoms. The van der Waals surface area contributed by atoms with E-state index < -0.39 is 15.9 Å². The number of sulfonamides is 1. The largest absolute Gasteiger partial charge is 0.274 e. The van der Waals surface area contributed by atoms with E-state index in [1.54, 1.807) is 6.92 Å². The van der Waals surface area contributed by atoms with Crippen LogP contribution in [0, 0.1) is 0 Å². The molecule has 68 valence electrons. The van der Waals surface area contributed by atoms with Gasteiger partial charge in [-0.15, -0.1) is 0 Å². The summed E-state index contributed by atoms with van der Waals surface area (Å²) >= 11 is 0. The van der Waals surface area contributed by atoms with Crippen LogP contribution in [0.3, 0.4) is 0 Å². The van der Waals surface area contributed by atoms with Crippen molar-refractivity contribution in [2.45, 2.75) is 27.7 Å². The fourth-order valence-electron chi connectivity index (χ4n) is 0.539. The molecule has 0 saturated carbocycles. The van der Waals surface area contributed by atoms with E-state index in [-0.39, 0.29) is 13.2 Å². The van der Waals surface area contributed by atoms with E-state index in [1.807, 2.05) is 4.72 Å². The van der Waals surface area contributed by atoms with E-state index in [0.717, 1.165) is 0 Å². The summed E-state index contributed by atoms with van der Waals surface area (Å²) in [7, 11) is -3.33. The monoisotopic (exact) mass is 181 g/mol. The second-order valence-electron chi connectivity index (χ2n) is 1.98. The van der Waals surface area contributed by atoms with Gasteiger partial charge in [0.1, 0.15) is 0 Å². The number of hydrogen-bond donors (Lipinski definition) is 1. The Morgan fingerprint density at radius 1 is 1.45 bits per heavy atom. The number of nitrogens with one attached hydrogen (secondary N) is 1. The van der Waals surface area contributed by atoms with Crippen LogP contribution in [0.25, 0.3) is 0 Å². The van der Waals surface area contributed by atoms with Gasteiger partial charge in [0.05, 0.1) is 5.75 Å². The summed E-state index contributed by atoms with van der Waals surface area (Å²) in [6.07, 6.45) is 0.516. The molecule has 0 aromatic rings. The van der Waals surface area contributed by atoms with Gasteiger partial charge in [-0.05, 0) is 6.42 Å². The number of rotatable bonds is 3. The zero-order chi connectivity index (χ0) is 8.20. The van der Waals surface area contributed by atoms with Crippen LogP contribution in [0.15, 0.2) is 0 Å². The summed E-state index contributed by atoms with van der Waals surface area (Å²) < 4.78 is 23.3. The summed E-state index contributed by atoms with van der Waals surface area (Å²) in [6, 6.07) is 0. The summed E-state index contributed by atoms with van der Waals surface area (Å²) in [5, 5.41) is 0. The van der Waals surface area contributed by atoms with Crippen LogP contribution >= 0.6 is 0 Å². The lowest BCUT2D eigenvalue weighted by atomic mass is 10.6. The van der Waals surface area contributed by atoms with Gasteiger partial charge in [-0.2, -0.15) is 0 Å². The number of hydrogen-bond acceptors (Lipinski definition) is 3. The topological polar surface area (TPSA) is 63.2 Å². The van der Waals surface area contributed by atoms with Gasteiger partial charge in [0.15, 0.2) is 0 Å². The van der Waals surface area contributed by atoms with Crippen LogP contribution in [0.1, 0.15) is 27.7 Å². The molecule has 0 fully saturated rings. The van der Waals surface area contributed by atoms with Crippen LogP contribution in [0.4, 0.5) is 0 Å². The molecular weight excluding hydrogens is 166 g/mol. The standard InChI is InChI=1S/C5H11NO3S.CH4/c1-3-4-10(8,9)6-5(2)7;/h3-4H2,1-2H3,(H,6,7);1H4. The molecule has 0 unspecified atom stereocenters. The molecule has 0 saturated heterocycles. The van der Waals surface area contributed by atoms with Crippen LogP contribution < -0.4 is 4.72 Å². The number of carbonyl (C=O) groups is 1. The van der Waals surface area contributed by atoms with Crippen molar-refractivity contribution in [3.05, 3.63) is 0 Å². The third-order valence-electron chi connectivity index (χ3n) is 0.772. The van der Waals surface area contributed by atoms with Crippen LogP contribution in [-0.2, 0) is 14.8 Å². The minimum atomic E-state index is -3.33. The molecule has 1 N–H and O–H groups in total. The molecule has 0 aromatic heterocycles. The summed E-state index contributed by atoms with van der Waals surface area (Å²) in [4.78, 5) is 10.2. The van der Waals surface area contributed by atoms with Crippen molar-refractivity contribution in [1.29, 1.82) is 0 Å². The fraction of sp³-hybridized carbons (Fsp3) is 0.833. The third kappa shape index (κ3) is 7.32. The summed E-state index contributed by atoms with van der Waals surface area (Å²) in [6.45, 7) is 2.91. The second kappa shape index (κ2) is 5.12. The lowest BCUT2D eigenvalue weighted by Gasteiger charge is -2.00. The summed E-state index contributed by atoms with van der Waals surface area (Å²) in [5.74, 6) is -0.527. The Morgan fingerprint density at radius 3 is 2.18 bits per heavy atom. The smallest absolute Gasteiger partial charge is 0.234 e. The lowest BCUT2D eigenvalue weighted by molar-refractivity contribution is -0.117. The Hall–Kier alpha value is -0.580. The lowest BCUT2D eigenvalue weighted by Crippen LogP contribution is -2.30. The molecule has 0 aliphatic rings. The maximum atomic E-state index is 10.7. The van der Waals surface area contributed by atoms with Crippen LogP contribution in [-0.4, -0.2) is 20.1 Å². The first-order valence-electron chi connectivity index (χ1n) is 2.99. The molecule has 4 nitrogen and oxygen atoms in total. The fourth-order valence-corrected chi connectivity index (χ4v) is 1.62. The van der Waals surface area contributed by atoms with E-state index in [0.29, 0.717) is 6.42 Å². The van der Waals surface area contributed by atoms with Gasteiger partial charge in [-0.3, -0.25) is 9.52 Å². The molecule has 0 aromatic carbocycles. The SMILES string of the molecule is C.CCCS(=O)(=O)NC(C)=O. The van der Waals surface area contributed by atoms with Crippen molar-refractivity contribution in [3.8, 4) is 0 Å². The Labute approximate surface area is 68.0 Å². The van der Waals surface area contributed by atoms with Gasteiger partial charge < -0.3 is 0 Å². The molecule has 0 bridgehead atoms. The molecule has 5 heteroatoms. The Bertz CT molecular complexity index is 208. The van der Waals surface area contributed by atoms with Crippen LogP contribution in [0.5, 0.6) is 0 Å². The van der Waals surface area contributed by atoms with Gasteiger partial charge >= 0.3 is 0 Å². The Morgan fingerprint density at radius 2 is 1.91 bits per heavy atom. The Kier molecular flexibility index (Phi) is 6.07. The van der Waals surface area contributed by atoms with E-state index in [9.17, 15) is 13.2 Å². The number of carbonyl (C=O) groups excluding carboxylic acids is 1. The predicted molar refractivity (Wildman–Crippen MR) is 44.6 cm³/mol. The van der Waals surface area contributed by atoms with Gasteiger partial charge in [-0.1, -0.05) is 14.4 Å². The molecule has 0 heterocycles. The van der Waals surface area contributed by atoms with Gasteiger partial charge in [0.25, 0.3) is 0 Å². The molecule has 0 rings (SSSR count). The van der Waals surface area contributed by atoms with Gasteiger partial charge in [-0.25, -0.2) is 8.42 Å². The molecule has 0 aliphatic heterocycles. The molecular formula is C6H15NO3S. The zero-order valence-corrected chi connectivity index (χ0v) is 6.86. The zero-order valence-electron chi connectivity index (χ0n) is 6.05. The quantitative estimate of drug-likeness (QED) is 0.689. The Balaban J connectivity index is 0. The average Bonchev–Trinajstić information content (AvgIpc) is 1.59. The van der Waals surface area contributed by atoms with E-state index in [4.69, 9.17) is 0 Å². The van der Waals surface area contributed by atoms with Crippen molar-refractivity contribution in [2.24, 2.45) is 0 Å². The third-order valence-corrected chi connectivity index (χ3v) is 2.32. The minimum absolute atomic E-state index is 0. The first kappa shape index (κ1) is 13.0. The maximum Gasteiger partial charge on any atom is 0.234 e. The average molecular weight is 181 g/mol. The van der Waals surface area contributed by atoms with Crippen LogP contribution in [0.2, 0.25) is 0 Å². The molecule has 0 aliphatic carbocycles. The van der Waals surface area contributed by atoms with E-state index >= 15 is 0 Å². The van der Waals surface area contributed by atoms with Crippen molar-refractivity contribution in [2.75, 3.05) is 5.75 Å².